The Morgan fingerprint density at radius 3 is 2.46 bits per heavy atom. The number of nitrogens with one attached hydrogen (secondary N) is 2. The minimum atomic E-state index is -1.17. The number of ether oxygens (including phenoxy) is 1. The summed E-state index contributed by atoms with van der Waals surface area (Å²) in [6, 6.07) is 9.97. The van der Waals surface area contributed by atoms with E-state index in [0.29, 0.717) is 16.9 Å². The third kappa shape index (κ3) is 4.26. The molecule has 0 saturated carbocycles. The van der Waals surface area contributed by atoms with E-state index in [2.05, 4.69) is 20.8 Å². The van der Waals surface area contributed by atoms with Crippen molar-refractivity contribution in [2.75, 3.05) is 25.5 Å². The van der Waals surface area contributed by atoms with Gasteiger partial charge in [0, 0.05) is 36.6 Å². The van der Waals surface area contributed by atoms with Gasteiger partial charge >= 0.3 is 5.97 Å². The predicted molar refractivity (Wildman–Crippen MR) is 101 cm³/mol. The summed E-state index contributed by atoms with van der Waals surface area (Å²) in [6.07, 6.45) is 3.06. The molecule has 0 unspecified atom stereocenters. The first-order valence-corrected chi connectivity index (χ1v) is 8.39. The average molecular weight is 382 g/mol. The number of hydrogen-bond donors (Lipinski definition) is 3. The molecule has 9 heteroatoms. The number of benzene rings is 1. The lowest BCUT2D eigenvalue weighted by atomic mass is 10.1. The first-order valence-electron chi connectivity index (χ1n) is 8.39. The van der Waals surface area contributed by atoms with Gasteiger partial charge in [-0.3, -0.25) is 9.78 Å². The molecule has 3 N–H and O–H groups in total. The number of carbonyl (C=O) groups excluding carboxylic acids is 1. The molecule has 0 bridgehead atoms. The highest BCUT2D eigenvalue weighted by Gasteiger charge is 2.23. The number of carboxylic acid groups (broad SMARTS) is 1. The standard InChI is InChI=1S/C19H18N4O5/c1-27-14-4-2-12(3-5-14)16-15(19(25)26)17(23-28-16)21-10-11-22-18(24)13-6-8-20-9-7-13/h2-9H,10-11H2,1H3,(H,21,23)(H,22,24)(H,25,26). The summed E-state index contributed by atoms with van der Waals surface area (Å²) in [5.41, 5.74) is 0.972. The van der Waals surface area contributed by atoms with Crippen LogP contribution in [-0.4, -0.2) is 47.3 Å². The van der Waals surface area contributed by atoms with Crippen LogP contribution in [-0.2, 0) is 0 Å². The molecule has 2 aromatic heterocycles. The maximum Gasteiger partial charge on any atom is 0.343 e. The van der Waals surface area contributed by atoms with Gasteiger partial charge in [0.05, 0.1) is 7.11 Å². The van der Waals surface area contributed by atoms with Crippen molar-refractivity contribution in [1.29, 1.82) is 0 Å². The van der Waals surface area contributed by atoms with Crippen LogP contribution in [0.25, 0.3) is 11.3 Å². The number of rotatable bonds is 8. The van der Waals surface area contributed by atoms with Crippen molar-refractivity contribution in [2.45, 2.75) is 0 Å². The van der Waals surface area contributed by atoms with E-state index in [4.69, 9.17) is 9.26 Å². The summed E-state index contributed by atoms with van der Waals surface area (Å²) in [4.78, 5) is 27.5. The SMILES string of the molecule is COc1ccc(-c2onc(NCCNC(=O)c3ccncc3)c2C(=O)O)cc1. The minimum absolute atomic E-state index is 0.0781. The van der Waals surface area contributed by atoms with Crippen molar-refractivity contribution >= 4 is 17.7 Å². The second-order valence-corrected chi connectivity index (χ2v) is 5.69. The van der Waals surface area contributed by atoms with Crippen LogP contribution in [0.1, 0.15) is 20.7 Å². The lowest BCUT2D eigenvalue weighted by molar-refractivity contribution is 0.0697. The van der Waals surface area contributed by atoms with Crippen molar-refractivity contribution in [2.24, 2.45) is 0 Å². The van der Waals surface area contributed by atoms with Crippen LogP contribution in [0.15, 0.2) is 53.3 Å². The van der Waals surface area contributed by atoms with Crippen LogP contribution in [0.5, 0.6) is 5.75 Å². The quantitative estimate of drug-likeness (QED) is 0.507. The highest BCUT2D eigenvalue weighted by atomic mass is 16.5. The Labute approximate surface area is 160 Å². The molecule has 2 heterocycles. The Morgan fingerprint density at radius 1 is 1.11 bits per heavy atom. The topological polar surface area (TPSA) is 127 Å². The van der Waals surface area contributed by atoms with Gasteiger partial charge in [0.1, 0.15) is 5.75 Å². The van der Waals surface area contributed by atoms with Gasteiger partial charge in [0.15, 0.2) is 17.1 Å². The molecule has 0 aliphatic rings. The monoisotopic (exact) mass is 382 g/mol. The van der Waals surface area contributed by atoms with E-state index in [9.17, 15) is 14.7 Å². The fourth-order valence-corrected chi connectivity index (χ4v) is 2.51. The molecule has 0 aliphatic heterocycles. The number of carbonyl (C=O) groups is 2. The molecule has 0 radical (unpaired) electrons. The molecular formula is C19H18N4O5. The first-order chi connectivity index (χ1) is 13.6. The number of aromatic nitrogens is 2. The highest BCUT2D eigenvalue weighted by molar-refractivity contribution is 5.99. The lowest BCUT2D eigenvalue weighted by Crippen LogP contribution is -2.29. The number of nitrogens with zero attached hydrogens (tertiary/aromatic N) is 2. The van der Waals surface area contributed by atoms with E-state index in [-0.39, 0.29) is 36.1 Å². The van der Waals surface area contributed by atoms with Gasteiger partial charge in [0.2, 0.25) is 0 Å². The summed E-state index contributed by atoms with van der Waals surface area (Å²) in [5, 5.41) is 19.0. The van der Waals surface area contributed by atoms with E-state index >= 15 is 0 Å². The fraction of sp³-hybridized carbons (Fsp3) is 0.158. The second-order valence-electron chi connectivity index (χ2n) is 5.69. The first kappa shape index (κ1) is 18.9. The number of carboxylic acids is 1. The van der Waals surface area contributed by atoms with Gasteiger partial charge in [-0.2, -0.15) is 0 Å². The molecule has 0 saturated heterocycles. The highest BCUT2D eigenvalue weighted by Crippen LogP contribution is 2.30. The molecule has 1 amide bonds. The molecular weight excluding hydrogens is 364 g/mol. The van der Waals surface area contributed by atoms with Crippen molar-refractivity contribution in [3.05, 3.63) is 59.9 Å². The zero-order chi connectivity index (χ0) is 19.9. The molecule has 144 valence electrons. The van der Waals surface area contributed by atoms with Crippen LogP contribution in [0, 0.1) is 0 Å². The predicted octanol–water partition coefficient (Wildman–Crippen LogP) is 2.29. The van der Waals surface area contributed by atoms with Crippen molar-refractivity contribution in [1.82, 2.24) is 15.5 Å². The largest absolute Gasteiger partial charge is 0.497 e. The maximum atomic E-state index is 12.0. The molecule has 28 heavy (non-hydrogen) atoms. The third-order valence-corrected chi connectivity index (χ3v) is 3.90. The Kier molecular flexibility index (Phi) is 5.85. The van der Waals surface area contributed by atoms with Crippen LogP contribution in [0.2, 0.25) is 0 Å². The Balaban J connectivity index is 1.65. The summed E-state index contributed by atoms with van der Waals surface area (Å²) in [5.74, 6) is -0.546. The summed E-state index contributed by atoms with van der Waals surface area (Å²) < 4.78 is 10.3. The van der Waals surface area contributed by atoms with Crippen molar-refractivity contribution in [3.8, 4) is 17.1 Å². The van der Waals surface area contributed by atoms with Gasteiger partial charge in [-0.1, -0.05) is 5.16 Å². The van der Waals surface area contributed by atoms with Gasteiger partial charge < -0.3 is 25.0 Å². The lowest BCUT2D eigenvalue weighted by Gasteiger charge is -2.06. The van der Waals surface area contributed by atoms with Crippen LogP contribution < -0.4 is 15.4 Å². The van der Waals surface area contributed by atoms with Gasteiger partial charge in [-0.15, -0.1) is 0 Å². The van der Waals surface area contributed by atoms with Crippen molar-refractivity contribution < 1.29 is 24.0 Å². The van der Waals surface area contributed by atoms with Gasteiger partial charge in [0.25, 0.3) is 5.91 Å². The van der Waals surface area contributed by atoms with Crippen LogP contribution in [0.4, 0.5) is 5.82 Å². The summed E-state index contributed by atoms with van der Waals surface area (Å²) in [6.45, 7) is 0.538. The number of pyridine rings is 1. The maximum absolute atomic E-state index is 12.0. The average Bonchev–Trinajstić information content (AvgIpc) is 3.16. The Bertz CT molecular complexity index is 954. The van der Waals surface area contributed by atoms with Crippen LogP contribution in [0.3, 0.4) is 0 Å². The van der Waals surface area contributed by atoms with Crippen LogP contribution >= 0.6 is 0 Å². The molecule has 3 aromatic rings. The molecule has 0 aliphatic carbocycles. The summed E-state index contributed by atoms with van der Waals surface area (Å²) >= 11 is 0. The molecule has 1 aromatic carbocycles. The second kappa shape index (κ2) is 8.67. The molecule has 0 atom stereocenters. The number of amides is 1. The fourth-order valence-electron chi connectivity index (χ4n) is 2.51. The zero-order valence-corrected chi connectivity index (χ0v) is 15.0. The van der Waals surface area contributed by atoms with E-state index < -0.39 is 5.97 Å². The van der Waals surface area contributed by atoms with E-state index in [1.54, 1.807) is 43.5 Å². The molecule has 0 spiro atoms. The normalized spacial score (nSPS) is 10.3. The van der Waals surface area contributed by atoms with E-state index in [1.807, 2.05) is 0 Å². The summed E-state index contributed by atoms with van der Waals surface area (Å²) in [7, 11) is 1.54. The van der Waals surface area contributed by atoms with E-state index in [1.165, 1.54) is 12.4 Å². The minimum Gasteiger partial charge on any atom is -0.497 e. The van der Waals surface area contributed by atoms with Gasteiger partial charge in [-0.25, -0.2) is 4.79 Å². The molecule has 9 nitrogen and oxygen atoms in total. The third-order valence-electron chi connectivity index (χ3n) is 3.90. The Hall–Kier alpha value is -3.88. The number of anilines is 1. The van der Waals surface area contributed by atoms with Crippen molar-refractivity contribution in [3.63, 3.8) is 0 Å². The number of hydrogen-bond acceptors (Lipinski definition) is 7. The molecule has 0 fully saturated rings. The Morgan fingerprint density at radius 2 is 1.82 bits per heavy atom. The van der Waals surface area contributed by atoms with E-state index in [0.717, 1.165) is 0 Å². The zero-order valence-electron chi connectivity index (χ0n) is 15.0. The number of aromatic carboxylic acids is 1. The van der Waals surface area contributed by atoms with Gasteiger partial charge in [-0.05, 0) is 36.4 Å². The number of methoxy groups -OCH3 is 1. The molecule has 3 rings (SSSR count). The smallest absolute Gasteiger partial charge is 0.343 e.